The van der Waals surface area contributed by atoms with Gasteiger partial charge in [0.15, 0.2) is 0 Å². The molecule has 1 aromatic rings. The lowest BCUT2D eigenvalue weighted by molar-refractivity contribution is -0.143. The number of carbonyl (C=O) groups is 6. The number of urea groups is 1. The summed E-state index contributed by atoms with van der Waals surface area (Å²) < 4.78 is 0. The molecule has 1 aromatic carbocycles. The van der Waals surface area contributed by atoms with Gasteiger partial charge in [-0.1, -0.05) is 32.4 Å². The number of amides is 5. The minimum absolute atomic E-state index is 0.0836. The van der Waals surface area contributed by atoms with Crippen molar-refractivity contribution in [3.63, 3.8) is 0 Å². The zero-order chi connectivity index (χ0) is 32.9. The molecule has 1 aliphatic heterocycles. The number of nitrogens with two attached hydrogens (primary N) is 3. The van der Waals surface area contributed by atoms with Gasteiger partial charge in [-0.2, -0.15) is 0 Å². The fraction of sp³-hybridized carbons (Fsp3) is 0.500. The van der Waals surface area contributed by atoms with Gasteiger partial charge in [-0.15, -0.1) is 0 Å². The van der Waals surface area contributed by atoms with Gasteiger partial charge in [0.2, 0.25) is 5.91 Å². The monoisotopic (exact) mass is 608 g/mol. The molecule has 0 bridgehead atoms. The van der Waals surface area contributed by atoms with Crippen LogP contribution in [0.3, 0.4) is 0 Å². The second-order valence-corrected chi connectivity index (χ2v) is 9.88. The lowest BCUT2D eigenvalue weighted by atomic mass is 10.0. The molecule has 0 saturated heterocycles. The second-order valence-electron chi connectivity index (χ2n) is 9.88. The highest BCUT2D eigenvalue weighted by Crippen LogP contribution is 2.09. The predicted molar refractivity (Wildman–Crippen MR) is 158 cm³/mol. The average molecular weight is 609 g/mol. The van der Waals surface area contributed by atoms with Crippen LogP contribution in [-0.2, 0) is 30.6 Å². The third-order valence-corrected chi connectivity index (χ3v) is 5.91. The van der Waals surface area contributed by atoms with Crippen molar-refractivity contribution >= 4 is 41.4 Å². The van der Waals surface area contributed by atoms with Crippen molar-refractivity contribution in [2.45, 2.75) is 71.1 Å². The highest BCUT2D eigenvalue weighted by atomic mass is 16.4. The van der Waals surface area contributed by atoms with Crippen molar-refractivity contribution in [3.05, 3.63) is 42.0 Å². The van der Waals surface area contributed by atoms with E-state index in [1.54, 1.807) is 38.1 Å². The maximum absolute atomic E-state index is 11.7. The Bertz CT molecular complexity index is 1070. The fourth-order valence-electron chi connectivity index (χ4n) is 3.42. The van der Waals surface area contributed by atoms with Crippen molar-refractivity contribution < 1.29 is 44.1 Å². The summed E-state index contributed by atoms with van der Waals surface area (Å²) in [6.45, 7) is 4.25. The van der Waals surface area contributed by atoms with Crippen molar-refractivity contribution in [1.82, 2.24) is 15.5 Å². The first-order chi connectivity index (χ1) is 20.2. The van der Waals surface area contributed by atoms with Gasteiger partial charge in [0, 0.05) is 37.3 Å². The molecule has 0 saturated carbocycles. The zero-order valence-corrected chi connectivity index (χ0v) is 24.5. The van der Waals surface area contributed by atoms with E-state index in [1.165, 1.54) is 17.1 Å². The Kier molecular flexibility index (Phi) is 19.0. The number of hydrogen-bond donors (Lipinski definition) is 8. The van der Waals surface area contributed by atoms with Gasteiger partial charge in [0.1, 0.15) is 12.1 Å². The predicted octanol–water partition coefficient (Wildman–Crippen LogP) is 0.305. The number of rotatable bonds is 15. The van der Waals surface area contributed by atoms with Gasteiger partial charge in [-0.3, -0.25) is 24.1 Å². The number of carbonyl (C=O) groups excluding carboxylic acids is 4. The number of aliphatic hydroxyl groups excluding tert-OH is 1. The molecular formula is C28H44N6O9. The number of carboxylic acid groups (broad SMARTS) is 2. The van der Waals surface area contributed by atoms with E-state index in [-0.39, 0.29) is 36.7 Å². The van der Waals surface area contributed by atoms with Crippen molar-refractivity contribution in [1.29, 1.82) is 0 Å². The normalized spacial score (nSPS) is 13.3. The molecule has 43 heavy (non-hydrogen) atoms. The topological polar surface area (TPSA) is 268 Å². The molecule has 2 atom stereocenters. The number of hydrogen-bond acceptors (Lipinski definition) is 9. The van der Waals surface area contributed by atoms with Gasteiger partial charge in [-0.25, -0.2) is 9.59 Å². The Balaban J connectivity index is 0.000000700. The average Bonchev–Trinajstić information content (AvgIpc) is 3.26. The van der Waals surface area contributed by atoms with Crippen LogP contribution in [-0.4, -0.2) is 81.1 Å². The minimum Gasteiger partial charge on any atom is -0.480 e. The summed E-state index contributed by atoms with van der Waals surface area (Å²) in [6.07, 6.45) is 5.45. The Morgan fingerprint density at radius 1 is 0.907 bits per heavy atom. The standard InChI is InChI=1S/C15H22N2O5.C7H9NO.C6H13N3O3/c1-10(2)14(15(21)22)16-11(18)6-4-3-5-9-17-12(19)7-8-13(17)20;8-7-3-1-6(5-9)2-4-7;7-4(5(10)11)2-1-3-9-6(8)12/h7-8,10,14H,3-6,9H2,1-2H3,(H,16,18)(H,21,22);1-4,9H,5,8H2;4H,1-3,7H2,(H,10,11)(H3,8,9,12)/t14-;;4-/m0.0/s1. The van der Waals surface area contributed by atoms with Crippen LogP contribution in [0.1, 0.15) is 57.9 Å². The summed E-state index contributed by atoms with van der Waals surface area (Å²) in [4.78, 5) is 66.8. The molecule has 0 aliphatic carbocycles. The minimum atomic E-state index is -1.04. The van der Waals surface area contributed by atoms with Gasteiger partial charge in [0.05, 0.1) is 6.61 Å². The molecule has 2 rings (SSSR count). The number of primary amides is 1. The summed E-state index contributed by atoms with van der Waals surface area (Å²) >= 11 is 0. The summed E-state index contributed by atoms with van der Waals surface area (Å²) in [5.41, 5.74) is 17.0. The summed E-state index contributed by atoms with van der Waals surface area (Å²) in [5.74, 6) is -3.15. The number of anilines is 1. The van der Waals surface area contributed by atoms with E-state index in [9.17, 15) is 28.8 Å². The number of carboxylic acids is 2. The molecule has 240 valence electrons. The second kappa shape index (κ2) is 21.2. The van der Waals surface area contributed by atoms with Crippen LogP contribution in [0.4, 0.5) is 10.5 Å². The van der Waals surface area contributed by atoms with E-state index >= 15 is 0 Å². The first-order valence-corrected chi connectivity index (χ1v) is 13.7. The third-order valence-electron chi connectivity index (χ3n) is 5.91. The number of imide groups is 1. The molecule has 11 N–H and O–H groups in total. The number of aliphatic carboxylic acids is 2. The molecule has 0 aromatic heterocycles. The van der Waals surface area contributed by atoms with Crippen LogP contribution in [0.25, 0.3) is 0 Å². The maximum Gasteiger partial charge on any atom is 0.326 e. The number of nitrogen functional groups attached to an aromatic ring is 1. The summed E-state index contributed by atoms with van der Waals surface area (Å²) in [5, 5.41) is 30.7. The van der Waals surface area contributed by atoms with Crippen LogP contribution in [0.2, 0.25) is 0 Å². The molecule has 15 nitrogen and oxygen atoms in total. The number of unbranched alkanes of at least 4 members (excludes halogenated alkanes) is 2. The Hall–Kier alpha value is -4.50. The molecule has 1 aliphatic rings. The molecular weight excluding hydrogens is 564 g/mol. The van der Waals surface area contributed by atoms with E-state index in [0.29, 0.717) is 45.2 Å². The Labute approximate surface area is 250 Å². The molecule has 5 amide bonds. The summed E-state index contributed by atoms with van der Waals surface area (Å²) in [6, 6.07) is 4.79. The van der Waals surface area contributed by atoms with Crippen molar-refractivity contribution in [2.24, 2.45) is 17.4 Å². The molecule has 0 spiro atoms. The van der Waals surface area contributed by atoms with Crippen LogP contribution in [0, 0.1) is 5.92 Å². The number of nitrogens with one attached hydrogen (secondary N) is 2. The SMILES string of the molecule is CC(C)[C@H](NC(=O)CCCCCN1C(=O)C=CC1=O)C(=O)O.NC(=O)NCCC[C@H](N)C(=O)O.Nc1ccc(CO)cc1. The first-order valence-electron chi connectivity index (χ1n) is 13.7. The lowest BCUT2D eigenvalue weighted by Gasteiger charge is -2.18. The number of aliphatic hydroxyl groups is 1. The van der Waals surface area contributed by atoms with Gasteiger partial charge in [0.25, 0.3) is 11.8 Å². The van der Waals surface area contributed by atoms with E-state index in [2.05, 4.69) is 10.6 Å². The quantitative estimate of drug-likeness (QED) is 0.0762. The van der Waals surface area contributed by atoms with E-state index in [4.69, 9.17) is 32.5 Å². The maximum atomic E-state index is 11.7. The molecule has 0 unspecified atom stereocenters. The van der Waals surface area contributed by atoms with E-state index in [1.807, 2.05) is 0 Å². The van der Waals surface area contributed by atoms with E-state index < -0.39 is 30.1 Å². The Morgan fingerprint density at radius 3 is 1.95 bits per heavy atom. The number of nitrogens with zero attached hydrogens (tertiary/aromatic N) is 1. The van der Waals surface area contributed by atoms with Gasteiger partial charge in [-0.05, 0) is 49.3 Å². The molecule has 0 radical (unpaired) electrons. The zero-order valence-electron chi connectivity index (χ0n) is 24.5. The van der Waals surface area contributed by atoms with Crippen LogP contribution >= 0.6 is 0 Å². The van der Waals surface area contributed by atoms with Crippen LogP contribution < -0.4 is 27.8 Å². The largest absolute Gasteiger partial charge is 0.480 e. The van der Waals surface area contributed by atoms with Crippen molar-refractivity contribution in [2.75, 3.05) is 18.8 Å². The van der Waals surface area contributed by atoms with Gasteiger partial charge < -0.3 is 43.2 Å². The molecule has 0 fully saturated rings. The van der Waals surface area contributed by atoms with Crippen LogP contribution in [0.15, 0.2) is 36.4 Å². The molecule has 1 heterocycles. The summed E-state index contributed by atoms with van der Waals surface area (Å²) in [7, 11) is 0. The highest BCUT2D eigenvalue weighted by molar-refractivity contribution is 6.12. The highest BCUT2D eigenvalue weighted by Gasteiger charge is 2.24. The first kappa shape index (κ1) is 38.5. The Morgan fingerprint density at radius 2 is 1.49 bits per heavy atom. The smallest absolute Gasteiger partial charge is 0.326 e. The fourth-order valence-corrected chi connectivity index (χ4v) is 3.42. The van der Waals surface area contributed by atoms with Crippen LogP contribution in [0.5, 0.6) is 0 Å². The third kappa shape index (κ3) is 17.8. The number of benzene rings is 1. The van der Waals surface area contributed by atoms with Crippen molar-refractivity contribution in [3.8, 4) is 0 Å². The van der Waals surface area contributed by atoms with E-state index in [0.717, 1.165) is 11.3 Å². The van der Waals surface area contributed by atoms with Gasteiger partial charge >= 0.3 is 18.0 Å². The lowest BCUT2D eigenvalue weighted by Crippen LogP contribution is -2.44. The molecule has 15 heteroatoms.